The number of hydrogen-bond donors (Lipinski definition) is 3. The fraction of sp³-hybridized carbons (Fsp3) is 0.667. The number of aryl methyl sites for hydroxylation is 1. The van der Waals surface area contributed by atoms with E-state index in [1.54, 1.807) is 19.3 Å². The molecule has 0 saturated heterocycles. The third-order valence-corrected chi connectivity index (χ3v) is 3.17. The van der Waals surface area contributed by atoms with E-state index < -0.39 is 5.60 Å². The van der Waals surface area contributed by atoms with Crippen LogP contribution in [-0.2, 0) is 6.42 Å². The lowest BCUT2D eigenvalue weighted by Crippen LogP contribution is -2.42. The van der Waals surface area contributed by atoms with Crippen molar-refractivity contribution in [1.82, 2.24) is 15.3 Å². The van der Waals surface area contributed by atoms with Crippen LogP contribution in [0.5, 0.6) is 0 Å². The number of nitrogens with zero attached hydrogens (tertiary/aromatic N) is 2. The number of carbonyl (C=O) groups excluding carboxylic acids is 1. The predicted molar refractivity (Wildman–Crippen MR) is 83.1 cm³/mol. The Bertz CT molecular complexity index is 443. The second-order valence-corrected chi connectivity index (χ2v) is 5.98. The molecule has 1 heterocycles. The number of aromatic nitrogens is 2. The molecule has 0 aliphatic rings. The number of amides is 2. The van der Waals surface area contributed by atoms with Gasteiger partial charge in [-0.1, -0.05) is 20.8 Å². The second kappa shape index (κ2) is 7.93. The molecule has 0 spiro atoms. The van der Waals surface area contributed by atoms with E-state index in [1.165, 1.54) is 0 Å². The van der Waals surface area contributed by atoms with E-state index in [9.17, 15) is 9.90 Å². The molecule has 1 aromatic heterocycles. The number of aliphatic hydroxyl groups is 1. The molecular weight excluding hydrogens is 268 g/mol. The molecule has 118 valence electrons. The summed E-state index contributed by atoms with van der Waals surface area (Å²) in [6.45, 7) is 8.12. The van der Waals surface area contributed by atoms with Gasteiger partial charge in [-0.15, -0.1) is 0 Å². The maximum absolute atomic E-state index is 11.8. The summed E-state index contributed by atoms with van der Waals surface area (Å²) in [5.41, 5.74) is -0.365. The van der Waals surface area contributed by atoms with Crippen molar-refractivity contribution in [2.24, 2.45) is 5.92 Å². The SMILES string of the molecule is CCc1ncc(NC(=O)NCC(C)(O)CCC(C)C)cn1. The van der Waals surface area contributed by atoms with E-state index in [2.05, 4.69) is 34.4 Å². The number of anilines is 1. The maximum atomic E-state index is 11.8. The van der Waals surface area contributed by atoms with Crippen LogP contribution >= 0.6 is 0 Å². The molecule has 21 heavy (non-hydrogen) atoms. The van der Waals surface area contributed by atoms with Gasteiger partial charge in [0.2, 0.25) is 0 Å². The molecule has 0 saturated carbocycles. The molecule has 0 aliphatic heterocycles. The van der Waals surface area contributed by atoms with Crippen molar-refractivity contribution < 1.29 is 9.90 Å². The highest BCUT2D eigenvalue weighted by molar-refractivity contribution is 5.88. The molecule has 0 fully saturated rings. The Morgan fingerprint density at radius 3 is 2.52 bits per heavy atom. The van der Waals surface area contributed by atoms with Gasteiger partial charge in [0.25, 0.3) is 0 Å². The van der Waals surface area contributed by atoms with E-state index >= 15 is 0 Å². The molecule has 2 amide bonds. The smallest absolute Gasteiger partial charge is 0.319 e. The monoisotopic (exact) mass is 294 g/mol. The summed E-state index contributed by atoms with van der Waals surface area (Å²) in [4.78, 5) is 20.0. The van der Waals surface area contributed by atoms with Crippen LogP contribution in [0.15, 0.2) is 12.4 Å². The fourth-order valence-electron chi connectivity index (χ4n) is 1.74. The van der Waals surface area contributed by atoms with Gasteiger partial charge in [0, 0.05) is 13.0 Å². The van der Waals surface area contributed by atoms with Crippen molar-refractivity contribution in [2.75, 3.05) is 11.9 Å². The average molecular weight is 294 g/mol. The number of hydrogen-bond acceptors (Lipinski definition) is 4. The lowest BCUT2D eigenvalue weighted by molar-refractivity contribution is 0.0481. The summed E-state index contributed by atoms with van der Waals surface area (Å²) in [6.07, 6.45) is 5.47. The molecule has 0 radical (unpaired) electrons. The molecule has 1 rings (SSSR count). The van der Waals surface area contributed by atoms with Gasteiger partial charge < -0.3 is 15.7 Å². The molecule has 3 N–H and O–H groups in total. The minimum atomic E-state index is -0.899. The summed E-state index contributed by atoms with van der Waals surface area (Å²) < 4.78 is 0. The topological polar surface area (TPSA) is 87.1 Å². The summed E-state index contributed by atoms with van der Waals surface area (Å²) in [6, 6.07) is -0.368. The summed E-state index contributed by atoms with van der Waals surface area (Å²) in [5.74, 6) is 1.26. The number of nitrogens with one attached hydrogen (secondary N) is 2. The van der Waals surface area contributed by atoms with Crippen LogP contribution < -0.4 is 10.6 Å². The zero-order valence-electron chi connectivity index (χ0n) is 13.3. The van der Waals surface area contributed by atoms with E-state index in [1.807, 2.05) is 6.92 Å². The third-order valence-electron chi connectivity index (χ3n) is 3.17. The van der Waals surface area contributed by atoms with Gasteiger partial charge in [-0.2, -0.15) is 0 Å². The highest BCUT2D eigenvalue weighted by atomic mass is 16.3. The van der Waals surface area contributed by atoms with Crippen LogP contribution in [0.25, 0.3) is 0 Å². The van der Waals surface area contributed by atoms with Gasteiger partial charge in [0.15, 0.2) is 0 Å². The number of carbonyl (C=O) groups is 1. The predicted octanol–water partition coefficient (Wildman–Crippen LogP) is 2.35. The summed E-state index contributed by atoms with van der Waals surface area (Å²) in [7, 11) is 0. The van der Waals surface area contributed by atoms with Crippen molar-refractivity contribution in [3.63, 3.8) is 0 Å². The largest absolute Gasteiger partial charge is 0.388 e. The first-order chi connectivity index (χ1) is 9.82. The molecule has 6 heteroatoms. The van der Waals surface area contributed by atoms with Crippen LogP contribution in [-0.4, -0.2) is 33.3 Å². The zero-order valence-corrected chi connectivity index (χ0v) is 13.3. The summed E-state index contributed by atoms with van der Waals surface area (Å²) in [5, 5.41) is 15.5. The molecule has 1 atom stereocenters. The van der Waals surface area contributed by atoms with Crippen molar-refractivity contribution in [1.29, 1.82) is 0 Å². The van der Waals surface area contributed by atoms with Gasteiger partial charge in [0.05, 0.1) is 23.7 Å². The number of urea groups is 1. The van der Waals surface area contributed by atoms with Crippen molar-refractivity contribution in [3.05, 3.63) is 18.2 Å². The first-order valence-electron chi connectivity index (χ1n) is 7.40. The van der Waals surface area contributed by atoms with Gasteiger partial charge in [-0.05, 0) is 25.7 Å². The van der Waals surface area contributed by atoms with Gasteiger partial charge in [-0.25, -0.2) is 14.8 Å². The Hall–Kier alpha value is -1.69. The van der Waals surface area contributed by atoms with E-state index in [0.29, 0.717) is 18.0 Å². The Morgan fingerprint density at radius 2 is 2.00 bits per heavy atom. The second-order valence-electron chi connectivity index (χ2n) is 5.98. The molecule has 6 nitrogen and oxygen atoms in total. The van der Waals surface area contributed by atoms with Gasteiger partial charge in [-0.3, -0.25) is 0 Å². The van der Waals surface area contributed by atoms with E-state index in [0.717, 1.165) is 18.7 Å². The van der Waals surface area contributed by atoms with Crippen molar-refractivity contribution in [3.8, 4) is 0 Å². The molecular formula is C15H26N4O2. The normalized spacial score (nSPS) is 13.8. The first kappa shape index (κ1) is 17.4. The minimum Gasteiger partial charge on any atom is -0.388 e. The standard InChI is InChI=1S/C15H26N4O2/c1-5-13-16-8-12(9-17-13)19-14(20)18-10-15(4,21)7-6-11(2)3/h8-9,11,21H,5-7,10H2,1-4H3,(H2,18,19,20). The van der Waals surface area contributed by atoms with Gasteiger partial charge in [0.1, 0.15) is 5.82 Å². The average Bonchev–Trinajstić information content (AvgIpc) is 2.44. The Kier molecular flexibility index (Phi) is 6.55. The molecule has 0 aromatic carbocycles. The maximum Gasteiger partial charge on any atom is 0.319 e. The molecule has 1 unspecified atom stereocenters. The quantitative estimate of drug-likeness (QED) is 0.720. The minimum absolute atomic E-state index is 0.208. The Balaban J connectivity index is 2.39. The van der Waals surface area contributed by atoms with Crippen molar-refractivity contribution in [2.45, 2.75) is 52.6 Å². The fourth-order valence-corrected chi connectivity index (χ4v) is 1.74. The zero-order chi connectivity index (χ0) is 15.9. The van der Waals surface area contributed by atoms with Gasteiger partial charge >= 0.3 is 6.03 Å². The van der Waals surface area contributed by atoms with E-state index in [4.69, 9.17) is 0 Å². The lowest BCUT2D eigenvalue weighted by Gasteiger charge is -2.24. The highest BCUT2D eigenvalue weighted by Crippen LogP contribution is 2.15. The van der Waals surface area contributed by atoms with E-state index in [-0.39, 0.29) is 12.6 Å². The molecule has 0 aliphatic carbocycles. The highest BCUT2D eigenvalue weighted by Gasteiger charge is 2.21. The Labute approximate surface area is 126 Å². The first-order valence-corrected chi connectivity index (χ1v) is 7.40. The number of rotatable bonds is 7. The third kappa shape index (κ3) is 7.04. The van der Waals surface area contributed by atoms with Crippen LogP contribution in [0, 0.1) is 5.92 Å². The van der Waals surface area contributed by atoms with Crippen LogP contribution in [0.2, 0.25) is 0 Å². The van der Waals surface area contributed by atoms with Crippen LogP contribution in [0.3, 0.4) is 0 Å². The van der Waals surface area contributed by atoms with Crippen LogP contribution in [0.4, 0.5) is 10.5 Å². The molecule has 0 bridgehead atoms. The molecule has 1 aromatic rings. The summed E-state index contributed by atoms with van der Waals surface area (Å²) >= 11 is 0. The van der Waals surface area contributed by atoms with Crippen molar-refractivity contribution >= 4 is 11.7 Å². The van der Waals surface area contributed by atoms with Crippen LogP contribution in [0.1, 0.15) is 46.4 Å². The Morgan fingerprint density at radius 1 is 1.38 bits per heavy atom. The lowest BCUT2D eigenvalue weighted by atomic mass is 9.95.